The van der Waals surface area contributed by atoms with Gasteiger partial charge in [-0.3, -0.25) is 9.69 Å². The molecule has 0 amide bonds. The quantitative estimate of drug-likeness (QED) is 0.743. The zero-order valence-electron chi connectivity index (χ0n) is 12.8. The maximum absolute atomic E-state index is 10.9. The fourth-order valence-corrected chi connectivity index (χ4v) is 3.16. The third-order valence-corrected chi connectivity index (χ3v) is 4.15. The van der Waals surface area contributed by atoms with Gasteiger partial charge in [0.1, 0.15) is 0 Å². The molecule has 0 saturated carbocycles. The van der Waals surface area contributed by atoms with Crippen LogP contribution in [-0.4, -0.2) is 29.6 Å². The van der Waals surface area contributed by atoms with Crippen molar-refractivity contribution in [3.05, 3.63) is 59.7 Å². The maximum atomic E-state index is 10.9. The minimum Gasteiger partial charge on any atom is -0.480 e. The number of carbonyl (C=O) groups is 1. The number of likely N-dealkylation sites (N-methyl/N-ethyl adjacent to an activating group) is 1. The Hall–Kier alpha value is -2.39. The van der Waals surface area contributed by atoms with Gasteiger partial charge in [-0.25, -0.2) is 0 Å². The predicted octanol–water partition coefficient (Wildman–Crippen LogP) is 3.82. The molecule has 0 spiro atoms. The van der Waals surface area contributed by atoms with Crippen molar-refractivity contribution in [1.29, 1.82) is 0 Å². The molecule has 22 heavy (non-hydrogen) atoms. The molecule has 0 heterocycles. The number of benzene rings is 3. The summed E-state index contributed by atoms with van der Waals surface area (Å²) >= 11 is 0. The molecule has 0 radical (unpaired) electrons. The minimum absolute atomic E-state index is 0.0382. The van der Waals surface area contributed by atoms with E-state index in [1.807, 2.05) is 24.1 Å². The van der Waals surface area contributed by atoms with E-state index in [-0.39, 0.29) is 6.54 Å². The summed E-state index contributed by atoms with van der Waals surface area (Å²) in [7, 11) is 1.84. The lowest BCUT2D eigenvalue weighted by molar-refractivity contribution is -0.138. The van der Waals surface area contributed by atoms with Crippen molar-refractivity contribution < 1.29 is 9.90 Å². The molecule has 0 unspecified atom stereocenters. The van der Waals surface area contributed by atoms with Gasteiger partial charge in [0, 0.05) is 6.54 Å². The highest BCUT2D eigenvalue weighted by Gasteiger charge is 2.13. The number of nitrogens with zero attached hydrogens (tertiary/aromatic N) is 1. The molecular weight excluding hydrogens is 274 g/mol. The molecule has 1 N–H and O–H groups in total. The van der Waals surface area contributed by atoms with Crippen molar-refractivity contribution in [3.8, 4) is 0 Å². The molecule has 0 aliphatic carbocycles. The lowest BCUT2D eigenvalue weighted by Crippen LogP contribution is -2.25. The van der Waals surface area contributed by atoms with E-state index in [9.17, 15) is 4.79 Å². The van der Waals surface area contributed by atoms with Crippen LogP contribution in [0.5, 0.6) is 0 Å². The Balaban J connectivity index is 2.25. The van der Waals surface area contributed by atoms with Crippen molar-refractivity contribution in [1.82, 2.24) is 4.90 Å². The van der Waals surface area contributed by atoms with Crippen LogP contribution >= 0.6 is 0 Å². The Kier molecular flexibility index (Phi) is 3.82. The largest absolute Gasteiger partial charge is 0.480 e. The van der Waals surface area contributed by atoms with Gasteiger partial charge in [0.05, 0.1) is 6.54 Å². The van der Waals surface area contributed by atoms with E-state index in [2.05, 4.69) is 43.3 Å². The first-order valence-electron chi connectivity index (χ1n) is 7.37. The number of fused-ring (bicyclic) bond motifs is 2. The summed E-state index contributed by atoms with van der Waals surface area (Å²) in [6, 6.07) is 16.7. The van der Waals surface area contributed by atoms with Crippen LogP contribution in [0.3, 0.4) is 0 Å². The normalized spacial score (nSPS) is 11.4. The van der Waals surface area contributed by atoms with Gasteiger partial charge in [0.25, 0.3) is 0 Å². The molecule has 3 heteroatoms. The summed E-state index contributed by atoms with van der Waals surface area (Å²) in [5.41, 5.74) is 2.47. The number of rotatable bonds is 4. The van der Waals surface area contributed by atoms with Crippen LogP contribution in [0.1, 0.15) is 11.1 Å². The second-order valence-electron chi connectivity index (χ2n) is 5.76. The average Bonchev–Trinajstić information content (AvgIpc) is 2.51. The fraction of sp³-hybridized carbons (Fsp3) is 0.211. The van der Waals surface area contributed by atoms with Gasteiger partial charge < -0.3 is 5.11 Å². The highest BCUT2D eigenvalue weighted by atomic mass is 16.4. The first-order chi connectivity index (χ1) is 10.6. The van der Waals surface area contributed by atoms with Gasteiger partial charge >= 0.3 is 5.97 Å². The second kappa shape index (κ2) is 5.78. The monoisotopic (exact) mass is 293 g/mol. The summed E-state index contributed by atoms with van der Waals surface area (Å²) in [5, 5.41) is 13.9. The van der Waals surface area contributed by atoms with E-state index in [4.69, 9.17) is 5.11 Å². The Bertz CT molecular complexity index is 798. The smallest absolute Gasteiger partial charge is 0.317 e. The van der Waals surface area contributed by atoms with E-state index < -0.39 is 5.97 Å². The minimum atomic E-state index is -0.803. The molecule has 112 valence electrons. The Morgan fingerprint density at radius 1 is 0.955 bits per heavy atom. The topological polar surface area (TPSA) is 40.5 Å². The van der Waals surface area contributed by atoms with Gasteiger partial charge in [0.2, 0.25) is 0 Å². The van der Waals surface area contributed by atoms with Gasteiger partial charge in [-0.15, -0.1) is 0 Å². The molecule has 3 nitrogen and oxygen atoms in total. The van der Waals surface area contributed by atoms with E-state index in [1.165, 1.54) is 32.7 Å². The third-order valence-electron chi connectivity index (χ3n) is 4.15. The number of hydrogen-bond acceptors (Lipinski definition) is 2. The second-order valence-corrected chi connectivity index (χ2v) is 5.76. The zero-order chi connectivity index (χ0) is 15.7. The van der Waals surface area contributed by atoms with Gasteiger partial charge in [-0.05, 0) is 46.6 Å². The number of carboxylic acid groups (broad SMARTS) is 1. The third kappa shape index (κ3) is 2.55. The fourth-order valence-electron chi connectivity index (χ4n) is 3.16. The Morgan fingerprint density at radius 2 is 1.41 bits per heavy atom. The Labute approximate surface area is 129 Å². The van der Waals surface area contributed by atoms with Crippen LogP contribution in [-0.2, 0) is 11.3 Å². The van der Waals surface area contributed by atoms with Crippen LogP contribution in [0.25, 0.3) is 21.5 Å². The van der Waals surface area contributed by atoms with Crippen LogP contribution in [0.15, 0.2) is 48.5 Å². The van der Waals surface area contributed by atoms with E-state index in [1.54, 1.807) is 0 Å². The predicted molar refractivity (Wildman–Crippen MR) is 90.2 cm³/mol. The number of aliphatic carboxylic acids is 1. The zero-order valence-corrected chi connectivity index (χ0v) is 12.8. The van der Waals surface area contributed by atoms with Crippen molar-refractivity contribution in [2.24, 2.45) is 0 Å². The molecule has 3 aromatic rings. The molecule has 0 saturated heterocycles. The molecule has 0 fully saturated rings. The summed E-state index contributed by atoms with van der Waals surface area (Å²) in [6.07, 6.45) is 0. The van der Waals surface area contributed by atoms with Crippen molar-refractivity contribution in [3.63, 3.8) is 0 Å². The summed E-state index contributed by atoms with van der Waals surface area (Å²) < 4.78 is 0. The first kappa shape index (κ1) is 14.5. The number of aryl methyl sites for hydroxylation is 1. The molecular formula is C19H19NO2. The average molecular weight is 293 g/mol. The van der Waals surface area contributed by atoms with Crippen molar-refractivity contribution in [2.75, 3.05) is 13.6 Å². The van der Waals surface area contributed by atoms with E-state index in [0.29, 0.717) is 6.54 Å². The standard InChI is InChI=1S/C19H19NO2/c1-13-14-7-3-5-9-16(14)18(11-20(2)12-19(21)22)17-10-6-4-8-15(13)17/h3-10H,11-12H2,1-2H3,(H,21,22). The highest BCUT2D eigenvalue weighted by molar-refractivity contribution is 6.05. The van der Waals surface area contributed by atoms with Crippen molar-refractivity contribution >= 4 is 27.5 Å². The summed E-state index contributed by atoms with van der Waals surface area (Å²) in [4.78, 5) is 12.8. The maximum Gasteiger partial charge on any atom is 0.317 e. The molecule has 0 aliphatic heterocycles. The van der Waals surface area contributed by atoms with Crippen molar-refractivity contribution in [2.45, 2.75) is 13.5 Å². The summed E-state index contributed by atoms with van der Waals surface area (Å²) in [5.74, 6) is -0.803. The van der Waals surface area contributed by atoms with Gasteiger partial charge in [-0.2, -0.15) is 0 Å². The number of hydrogen-bond donors (Lipinski definition) is 1. The lowest BCUT2D eigenvalue weighted by Gasteiger charge is -2.19. The molecule has 0 aliphatic rings. The highest BCUT2D eigenvalue weighted by Crippen LogP contribution is 2.32. The van der Waals surface area contributed by atoms with E-state index >= 15 is 0 Å². The van der Waals surface area contributed by atoms with Crippen LogP contribution < -0.4 is 0 Å². The van der Waals surface area contributed by atoms with Gasteiger partial charge in [-0.1, -0.05) is 48.5 Å². The lowest BCUT2D eigenvalue weighted by atomic mass is 9.92. The molecule has 3 rings (SSSR count). The van der Waals surface area contributed by atoms with Gasteiger partial charge in [0.15, 0.2) is 0 Å². The SMILES string of the molecule is Cc1c2ccccc2c(CN(C)CC(=O)O)c2ccccc12. The molecule has 3 aromatic carbocycles. The molecule has 0 atom stereocenters. The van der Waals surface area contributed by atoms with Crippen LogP contribution in [0, 0.1) is 6.92 Å². The van der Waals surface area contributed by atoms with Crippen LogP contribution in [0.2, 0.25) is 0 Å². The molecule has 0 aromatic heterocycles. The van der Waals surface area contributed by atoms with Crippen LogP contribution in [0.4, 0.5) is 0 Å². The van der Waals surface area contributed by atoms with E-state index in [0.717, 1.165) is 0 Å². The molecule has 0 bridgehead atoms. The first-order valence-corrected chi connectivity index (χ1v) is 7.37. The summed E-state index contributed by atoms with van der Waals surface area (Å²) in [6.45, 7) is 2.81. The number of carboxylic acids is 1. The Morgan fingerprint density at radius 3 is 1.86 bits per heavy atom.